The molecule has 1 saturated heterocycles. The van der Waals surface area contributed by atoms with Crippen LogP contribution in [0.3, 0.4) is 0 Å². The number of aromatic nitrogens is 2. The SMILES string of the molecule is CC[C@H](C)CN(CC(=O)N1CCN(c2ccc(-c3cccc(OC)c3)nn2)CC1)C(=O)c1ccccc1C. The van der Waals surface area contributed by atoms with Crippen molar-refractivity contribution in [3.63, 3.8) is 0 Å². The Balaban J connectivity index is 1.37. The smallest absolute Gasteiger partial charge is 0.254 e. The molecule has 0 aliphatic carbocycles. The van der Waals surface area contributed by atoms with Gasteiger partial charge in [-0.3, -0.25) is 9.59 Å². The Morgan fingerprint density at radius 1 is 1.00 bits per heavy atom. The molecule has 8 nitrogen and oxygen atoms in total. The summed E-state index contributed by atoms with van der Waals surface area (Å²) in [6, 6.07) is 19.2. The van der Waals surface area contributed by atoms with E-state index < -0.39 is 0 Å². The van der Waals surface area contributed by atoms with E-state index in [0.29, 0.717) is 44.2 Å². The summed E-state index contributed by atoms with van der Waals surface area (Å²) in [4.78, 5) is 32.3. The van der Waals surface area contributed by atoms with Gasteiger partial charge in [0.2, 0.25) is 5.91 Å². The number of rotatable bonds is 9. The van der Waals surface area contributed by atoms with E-state index in [-0.39, 0.29) is 18.4 Å². The molecule has 0 bridgehead atoms. The molecule has 0 unspecified atom stereocenters. The molecule has 0 saturated carbocycles. The van der Waals surface area contributed by atoms with E-state index in [9.17, 15) is 9.59 Å². The number of hydrogen-bond acceptors (Lipinski definition) is 6. The van der Waals surface area contributed by atoms with E-state index in [0.717, 1.165) is 34.8 Å². The number of benzene rings is 2. The van der Waals surface area contributed by atoms with Crippen molar-refractivity contribution in [3.05, 3.63) is 71.8 Å². The lowest BCUT2D eigenvalue weighted by atomic mass is 10.1. The van der Waals surface area contributed by atoms with Crippen LogP contribution in [0.4, 0.5) is 5.82 Å². The number of methoxy groups -OCH3 is 1. The first-order valence-corrected chi connectivity index (χ1v) is 13.2. The molecule has 3 aromatic rings. The van der Waals surface area contributed by atoms with Gasteiger partial charge in [-0.1, -0.05) is 50.6 Å². The number of ether oxygens (including phenoxy) is 1. The Morgan fingerprint density at radius 3 is 2.42 bits per heavy atom. The molecule has 1 aromatic heterocycles. The summed E-state index contributed by atoms with van der Waals surface area (Å²) < 4.78 is 5.30. The first-order valence-electron chi connectivity index (χ1n) is 13.2. The number of anilines is 1. The normalized spacial score (nSPS) is 14.2. The topological polar surface area (TPSA) is 78.9 Å². The Labute approximate surface area is 225 Å². The van der Waals surface area contributed by atoms with Crippen LogP contribution in [-0.4, -0.2) is 78.2 Å². The highest BCUT2D eigenvalue weighted by atomic mass is 16.5. The van der Waals surface area contributed by atoms with Crippen LogP contribution in [0.15, 0.2) is 60.7 Å². The molecule has 2 aromatic carbocycles. The van der Waals surface area contributed by atoms with Gasteiger partial charge in [0, 0.05) is 43.9 Å². The highest BCUT2D eigenvalue weighted by molar-refractivity contribution is 5.97. The standard InChI is InChI=1S/C30H37N5O3/c1-5-22(2)20-35(30(37)26-12-7-6-9-23(26)3)21-29(36)34-17-15-33(16-18-34)28-14-13-27(31-32-28)24-10-8-11-25(19-24)38-4/h6-14,19,22H,5,15-18,20-21H2,1-4H3/t22-/m0/s1. The van der Waals surface area contributed by atoms with Gasteiger partial charge in [-0.25, -0.2) is 0 Å². The van der Waals surface area contributed by atoms with Crippen LogP contribution in [0, 0.1) is 12.8 Å². The third-order valence-electron chi connectivity index (χ3n) is 7.19. The van der Waals surface area contributed by atoms with Crippen LogP contribution >= 0.6 is 0 Å². The highest BCUT2D eigenvalue weighted by Crippen LogP contribution is 2.23. The Hall–Kier alpha value is -3.94. The number of carbonyl (C=O) groups excluding carboxylic acids is 2. The fourth-order valence-corrected chi connectivity index (χ4v) is 4.59. The zero-order valence-corrected chi connectivity index (χ0v) is 22.8. The molecule has 1 aliphatic rings. The van der Waals surface area contributed by atoms with E-state index in [4.69, 9.17) is 4.74 Å². The zero-order valence-electron chi connectivity index (χ0n) is 22.8. The quantitative estimate of drug-likeness (QED) is 0.423. The van der Waals surface area contributed by atoms with Gasteiger partial charge >= 0.3 is 0 Å². The second-order valence-electron chi connectivity index (χ2n) is 9.89. The third-order valence-corrected chi connectivity index (χ3v) is 7.19. The molecule has 0 spiro atoms. The zero-order chi connectivity index (χ0) is 27.1. The minimum absolute atomic E-state index is 0.0191. The predicted molar refractivity (Wildman–Crippen MR) is 149 cm³/mol. The molecule has 38 heavy (non-hydrogen) atoms. The van der Waals surface area contributed by atoms with Gasteiger partial charge in [0.1, 0.15) is 12.3 Å². The first kappa shape index (κ1) is 27.1. The van der Waals surface area contributed by atoms with Crippen LogP contribution in [0.25, 0.3) is 11.3 Å². The number of hydrogen-bond donors (Lipinski definition) is 0. The molecular formula is C30H37N5O3. The maximum atomic E-state index is 13.4. The summed E-state index contributed by atoms with van der Waals surface area (Å²) in [5.74, 6) is 1.77. The number of amides is 2. The molecule has 8 heteroatoms. The Bertz CT molecular complexity index is 1240. The average Bonchev–Trinajstić information content (AvgIpc) is 2.96. The molecule has 1 fully saturated rings. The lowest BCUT2D eigenvalue weighted by Crippen LogP contribution is -2.52. The van der Waals surface area contributed by atoms with Crippen LogP contribution in [-0.2, 0) is 4.79 Å². The van der Waals surface area contributed by atoms with Gasteiger partial charge in [0.05, 0.1) is 12.8 Å². The Morgan fingerprint density at radius 2 is 1.76 bits per heavy atom. The van der Waals surface area contributed by atoms with Gasteiger partial charge in [0.25, 0.3) is 5.91 Å². The van der Waals surface area contributed by atoms with Crippen molar-refractivity contribution < 1.29 is 14.3 Å². The highest BCUT2D eigenvalue weighted by Gasteiger charge is 2.27. The fourth-order valence-electron chi connectivity index (χ4n) is 4.59. The summed E-state index contributed by atoms with van der Waals surface area (Å²) >= 11 is 0. The van der Waals surface area contributed by atoms with Crippen LogP contribution in [0.5, 0.6) is 5.75 Å². The monoisotopic (exact) mass is 515 g/mol. The minimum Gasteiger partial charge on any atom is -0.497 e. The first-order chi connectivity index (χ1) is 18.4. The molecule has 2 amide bonds. The van der Waals surface area contributed by atoms with Gasteiger partial charge in [0.15, 0.2) is 5.82 Å². The molecule has 4 rings (SSSR count). The third kappa shape index (κ3) is 6.49. The van der Waals surface area contributed by atoms with E-state index in [1.165, 1.54) is 0 Å². The molecule has 0 radical (unpaired) electrons. The lowest BCUT2D eigenvalue weighted by molar-refractivity contribution is -0.132. The largest absolute Gasteiger partial charge is 0.497 e. The second kappa shape index (κ2) is 12.5. The maximum absolute atomic E-state index is 13.4. The summed E-state index contributed by atoms with van der Waals surface area (Å²) in [6.45, 7) is 9.28. The van der Waals surface area contributed by atoms with Crippen molar-refractivity contribution >= 4 is 17.6 Å². The summed E-state index contributed by atoms with van der Waals surface area (Å²) in [7, 11) is 1.64. The fraction of sp³-hybridized carbons (Fsp3) is 0.400. The molecule has 1 atom stereocenters. The van der Waals surface area contributed by atoms with E-state index in [1.54, 1.807) is 12.0 Å². The number of carbonyl (C=O) groups is 2. The summed E-state index contributed by atoms with van der Waals surface area (Å²) in [5, 5.41) is 8.85. The van der Waals surface area contributed by atoms with Crippen molar-refractivity contribution in [1.29, 1.82) is 0 Å². The van der Waals surface area contributed by atoms with Gasteiger partial charge in [-0.2, -0.15) is 0 Å². The van der Waals surface area contributed by atoms with E-state index in [1.807, 2.05) is 72.5 Å². The van der Waals surface area contributed by atoms with Crippen molar-refractivity contribution in [2.75, 3.05) is 51.3 Å². The van der Waals surface area contributed by atoms with Crippen LogP contribution in [0.1, 0.15) is 36.2 Å². The number of nitrogens with zero attached hydrogens (tertiary/aromatic N) is 5. The van der Waals surface area contributed by atoms with Crippen LogP contribution in [0.2, 0.25) is 0 Å². The molecule has 2 heterocycles. The molecule has 200 valence electrons. The summed E-state index contributed by atoms with van der Waals surface area (Å²) in [6.07, 6.45) is 0.946. The van der Waals surface area contributed by atoms with Crippen molar-refractivity contribution in [3.8, 4) is 17.0 Å². The van der Waals surface area contributed by atoms with E-state index >= 15 is 0 Å². The Kier molecular flexibility index (Phi) is 8.94. The van der Waals surface area contributed by atoms with Gasteiger partial charge in [-0.05, 0) is 48.7 Å². The second-order valence-corrected chi connectivity index (χ2v) is 9.89. The summed E-state index contributed by atoms with van der Waals surface area (Å²) in [5.41, 5.74) is 3.30. The minimum atomic E-state index is -0.0817. The lowest BCUT2D eigenvalue weighted by Gasteiger charge is -2.36. The van der Waals surface area contributed by atoms with Crippen molar-refractivity contribution in [2.24, 2.45) is 5.92 Å². The molecular weight excluding hydrogens is 478 g/mol. The van der Waals surface area contributed by atoms with E-state index in [2.05, 4.69) is 28.9 Å². The van der Waals surface area contributed by atoms with Gasteiger partial charge in [-0.15, -0.1) is 10.2 Å². The number of aryl methyl sites for hydroxylation is 1. The average molecular weight is 516 g/mol. The molecule has 0 N–H and O–H groups in total. The predicted octanol–water partition coefficient (Wildman–Crippen LogP) is 4.30. The van der Waals surface area contributed by atoms with Crippen LogP contribution < -0.4 is 9.64 Å². The van der Waals surface area contributed by atoms with Crippen molar-refractivity contribution in [2.45, 2.75) is 27.2 Å². The molecule has 1 aliphatic heterocycles. The van der Waals surface area contributed by atoms with Crippen molar-refractivity contribution in [1.82, 2.24) is 20.0 Å². The maximum Gasteiger partial charge on any atom is 0.254 e. The number of piperazine rings is 1. The van der Waals surface area contributed by atoms with Gasteiger partial charge < -0.3 is 19.4 Å².